The maximum absolute atomic E-state index is 13.4. The Morgan fingerprint density at radius 3 is 2.67 bits per heavy atom. The van der Waals surface area contributed by atoms with Gasteiger partial charge in [0.05, 0.1) is 23.0 Å². The molecule has 2 aromatic heterocycles. The SMILES string of the molecule is Cc1ccc(CC(=O)N(CCCn2ccnc2)c2nc3ccc(C)cc3s2)c(C)c1. The van der Waals surface area contributed by atoms with Gasteiger partial charge in [-0.1, -0.05) is 41.2 Å². The monoisotopic (exact) mass is 418 g/mol. The highest BCUT2D eigenvalue weighted by Crippen LogP contribution is 2.30. The molecule has 0 saturated carbocycles. The van der Waals surface area contributed by atoms with Crippen molar-refractivity contribution in [2.45, 2.75) is 40.2 Å². The number of aryl methyl sites for hydroxylation is 4. The molecule has 0 aliphatic heterocycles. The zero-order valence-electron chi connectivity index (χ0n) is 17.6. The van der Waals surface area contributed by atoms with Crippen molar-refractivity contribution in [2.24, 2.45) is 0 Å². The van der Waals surface area contributed by atoms with E-state index in [1.165, 1.54) is 11.1 Å². The van der Waals surface area contributed by atoms with Crippen molar-refractivity contribution >= 4 is 32.6 Å². The third-order valence-corrected chi connectivity index (χ3v) is 6.30. The van der Waals surface area contributed by atoms with Crippen LogP contribution in [0.3, 0.4) is 0 Å². The third-order valence-electron chi connectivity index (χ3n) is 5.26. The van der Waals surface area contributed by atoms with Gasteiger partial charge in [0.1, 0.15) is 0 Å². The standard InChI is InChI=1S/C24H26N4OS/c1-17-5-7-20(19(3)13-17)15-23(29)28(11-4-10-27-12-9-25-16-27)24-26-21-8-6-18(2)14-22(21)30-24/h5-9,12-14,16H,4,10-11,15H2,1-3H3. The highest BCUT2D eigenvalue weighted by atomic mass is 32.1. The van der Waals surface area contributed by atoms with Crippen LogP contribution in [0.15, 0.2) is 55.1 Å². The van der Waals surface area contributed by atoms with Gasteiger partial charge in [0, 0.05) is 25.5 Å². The fourth-order valence-electron chi connectivity index (χ4n) is 3.60. The van der Waals surface area contributed by atoms with Crippen molar-refractivity contribution in [3.8, 4) is 0 Å². The Morgan fingerprint density at radius 2 is 1.90 bits per heavy atom. The van der Waals surface area contributed by atoms with Crippen LogP contribution >= 0.6 is 11.3 Å². The molecule has 0 bridgehead atoms. The van der Waals surface area contributed by atoms with Crippen LogP contribution in [0.1, 0.15) is 28.7 Å². The molecule has 0 fully saturated rings. The predicted octanol–water partition coefficient (Wildman–Crippen LogP) is 5.08. The van der Waals surface area contributed by atoms with Gasteiger partial charge in [0.25, 0.3) is 0 Å². The number of carbonyl (C=O) groups is 1. The molecular weight excluding hydrogens is 392 g/mol. The van der Waals surface area contributed by atoms with Crippen LogP contribution < -0.4 is 4.90 Å². The topological polar surface area (TPSA) is 51.0 Å². The molecule has 0 spiro atoms. The van der Waals surface area contributed by atoms with Gasteiger partial charge in [-0.3, -0.25) is 9.69 Å². The van der Waals surface area contributed by atoms with E-state index in [2.05, 4.69) is 56.1 Å². The predicted molar refractivity (Wildman–Crippen MR) is 123 cm³/mol. The van der Waals surface area contributed by atoms with Crippen LogP contribution in [0.5, 0.6) is 0 Å². The van der Waals surface area contributed by atoms with Crippen LogP contribution in [0.2, 0.25) is 0 Å². The number of imidazole rings is 1. The van der Waals surface area contributed by atoms with E-state index < -0.39 is 0 Å². The maximum atomic E-state index is 13.4. The number of thiazole rings is 1. The number of fused-ring (bicyclic) bond motifs is 1. The highest BCUT2D eigenvalue weighted by molar-refractivity contribution is 7.22. The third kappa shape index (κ3) is 4.60. The van der Waals surface area contributed by atoms with Crippen LogP contribution in [-0.4, -0.2) is 27.0 Å². The minimum absolute atomic E-state index is 0.0864. The van der Waals surface area contributed by atoms with Crippen LogP contribution in [0.4, 0.5) is 5.13 Å². The van der Waals surface area contributed by atoms with E-state index in [4.69, 9.17) is 4.98 Å². The van der Waals surface area contributed by atoms with Gasteiger partial charge in [0.15, 0.2) is 5.13 Å². The molecule has 0 aliphatic rings. The summed E-state index contributed by atoms with van der Waals surface area (Å²) in [6, 6.07) is 12.5. The van der Waals surface area contributed by atoms with Crippen molar-refractivity contribution in [3.63, 3.8) is 0 Å². The highest BCUT2D eigenvalue weighted by Gasteiger charge is 2.20. The molecule has 0 saturated heterocycles. The van der Waals surface area contributed by atoms with Gasteiger partial charge in [-0.25, -0.2) is 9.97 Å². The quantitative estimate of drug-likeness (QED) is 0.420. The molecule has 4 aromatic rings. The molecule has 2 aromatic carbocycles. The van der Waals surface area contributed by atoms with Gasteiger partial charge in [-0.2, -0.15) is 0 Å². The summed E-state index contributed by atoms with van der Waals surface area (Å²) in [6.07, 6.45) is 6.75. The summed E-state index contributed by atoms with van der Waals surface area (Å²) in [7, 11) is 0. The maximum Gasteiger partial charge on any atom is 0.233 e. The van der Waals surface area contributed by atoms with E-state index >= 15 is 0 Å². The van der Waals surface area contributed by atoms with Crippen molar-refractivity contribution in [1.82, 2.24) is 14.5 Å². The Hall–Kier alpha value is -2.99. The lowest BCUT2D eigenvalue weighted by Gasteiger charge is -2.20. The number of carbonyl (C=O) groups excluding carboxylic acids is 1. The molecule has 5 nitrogen and oxygen atoms in total. The molecule has 6 heteroatoms. The molecule has 30 heavy (non-hydrogen) atoms. The fraction of sp³-hybridized carbons (Fsp3) is 0.292. The van der Waals surface area contributed by atoms with Gasteiger partial charge in [-0.15, -0.1) is 0 Å². The van der Waals surface area contributed by atoms with Crippen molar-refractivity contribution < 1.29 is 4.79 Å². The molecule has 0 radical (unpaired) electrons. The first-order valence-corrected chi connectivity index (χ1v) is 11.0. The Balaban J connectivity index is 1.58. The van der Waals surface area contributed by atoms with Crippen molar-refractivity contribution in [1.29, 1.82) is 0 Å². The molecule has 0 atom stereocenters. The average Bonchev–Trinajstić information content (AvgIpc) is 3.36. The van der Waals surface area contributed by atoms with Gasteiger partial charge < -0.3 is 4.57 Å². The minimum atomic E-state index is 0.0864. The summed E-state index contributed by atoms with van der Waals surface area (Å²) in [6.45, 7) is 7.66. The first-order valence-electron chi connectivity index (χ1n) is 10.2. The number of aromatic nitrogens is 3. The normalized spacial score (nSPS) is 11.2. The lowest BCUT2D eigenvalue weighted by atomic mass is 10.0. The van der Waals surface area contributed by atoms with Crippen molar-refractivity contribution in [3.05, 3.63) is 77.4 Å². The zero-order chi connectivity index (χ0) is 21.1. The Labute approximate surface area is 181 Å². The molecule has 0 aliphatic carbocycles. The number of benzene rings is 2. The Kier molecular flexibility index (Phi) is 5.95. The molecule has 4 rings (SSSR count). The number of rotatable bonds is 7. The second-order valence-electron chi connectivity index (χ2n) is 7.77. The molecule has 2 heterocycles. The van der Waals surface area contributed by atoms with E-state index in [0.29, 0.717) is 13.0 Å². The molecule has 154 valence electrons. The second-order valence-corrected chi connectivity index (χ2v) is 8.78. The lowest BCUT2D eigenvalue weighted by molar-refractivity contribution is -0.118. The van der Waals surface area contributed by atoms with E-state index in [-0.39, 0.29) is 5.91 Å². The number of nitrogens with zero attached hydrogens (tertiary/aromatic N) is 4. The van der Waals surface area contributed by atoms with E-state index in [1.54, 1.807) is 17.5 Å². The van der Waals surface area contributed by atoms with Crippen LogP contribution in [-0.2, 0) is 17.8 Å². The molecular formula is C24H26N4OS. The minimum Gasteiger partial charge on any atom is -0.337 e. The summed E-state index contributed by atoms with van der Waals surface area (Å²) in [4.78, 5) is 24.1. The van der Waals surface area contributed by atoms with Gasteiger partial charge >= 0.3 is 0 Å². The largest absolute Gasteiger partial charge is 0.337 e. The molecule has 0 unspecified atom stereocenters. The van der Waals surface area contributed by atoms with E-state index in [0.717, 1.165) is 39.4 Å². The summed E-state index contributed by atoms with van der Waals surface area (Å²) in [5, 5.41) is 0.774. The van der Waals surface area contributed by atoms with Gasteiger partial charge in [-0.05, 0) is 56.0 Å². The number of hydrogen-bond acceptors (Lipinski definition) is 4. The first-order chi connectivity index (χ1) is 14.5. The van der Waals surface area contributed by atoms with E-state index in [9.17, 15) is 4.79 Å². The Bertz CT molecular complexity index is 1160. The van der Waals surface area contributed by atoms with Crippen LogP contribution in [0, 0.1) is 20.8 Å². The zero-order valence-corrected chi connectivity index (χ0v) is 18.4. The first kappa shape index (κ1) is 20.3. The average molecular weight is 419 g/mol. The summed E-state index contributed by atoms with van der Waals surface area (Å²) < 4.78 is 3.15. The second kappa shape index (κ2) is 8.79. The lowest BCUT2D eigenvalue weighted by Crippen LogP contribution is -2.33. The number of anilines is 1. The molecule has 1 amide bonds. The fourth-order valence-corrected chi connectivity index (χ4v) is 4.70. The Morgan fingerprint density at radius 1 is 1.10 bits per heavy atom. The summed E-state index contributed by atoms with van der Waals surface area (Å²) >= 11 is 1.59. The summed E-state index contributed by atoms with van der Waals surface area (Å²) in [5.41, 5.74) is 5.58. The summed E-state index contributed by atoms with van der Waals surface area (Å²) in [5.74, 6) is 0.0864. The van der Waals surface area contributed by atoms with E-state index in [1.807, 2.05) is 28.1 Å². The number of amides is 1. The van der Waals surface area contributed by atoms with Gasteiger partial charge in [0.2, 0.25) is 5.91 Å². The van der Waals surface area contributed by atoms with Crippen molar-refractivity contribution in [2.75, 3.05) is 11.4 Å². The molecule has 0 N–H and O–H groups in total. The smallest absolute Gasteiger partial charge is 0.233 e. The number of hydrogen-bond donors (Lipinski definition) is 0. The van der Waals surface area contributed by atoms with Crippen LogP contribution in [0.25, 0.3) is 10.2 Å².